The number of likely N-dealkylation sites (N-methyl/N-ethyl adjacent to an activating group) is 1. The zero-order valence-corrected chi connectivity index (χ0v) is 24.0. The summed E-state index contributed by atoms with van der Waals surface area (Å²) in [5, 5.41) is 3.56. The van der Waals surface area contributed by atoms with E-state index in [4.69, 9.17) is 4.74 Å². The van der Waals surface area contributed by atoms with Gasteiger partial charge in [0.15, 0.2) is 0 Å². The summed E-state index contributed by atoms with van der Waals surface area (Å²) in [6.45, 7) is 0.181. The molecule has 0 spiro atoms. The average Bonchev–Trinajstić information content (AvgIpc) is 3.31. The third-order valence-corrected chi connectivity index (χ3v) is 7.16. The van der Waals surface area contributed by atoms with Gasteiger partial charge in [-0.3, -0.25) is 9.59 Å². The molecule has 0 saturated carbocycles. The van der Waals surface area contributed by atoms with Crippen molar-refractivity contribution in [2.75, 3.05) is 14.2 Å². The van der Waals surface area contributed by atoms with Crippen LogP contribution in [0.5, 0.6) is 5.75 Å². The summed E-state index contributed by atoms with van der Waals surface area (Å²) in [6.07, 6.45) is -5.69. The Labute approximate surface area is 249 Å². The Hall–Kier alpha value is -4.74. The fraction of sp³-hybridized carbons (Fsp3) is 0.250. The van der Waals surface area contributed by atoms with Crippen molar-refractivity contribution in [3.8, 4) is 5.75 Å². The summed E-state index contributed by atoms with van der Waals surface area (Å²) in [5.41, 5.74) is -1.54. The van der Waals surface area contributed by atoms with Gasteiger partial charge in [-0.1, -0.05) is 36.4 Å². The SMILES string of the molecule is COc1ccc(CNC(=O)C=CC(Cc2cn(C)c3ccccc23)N(C)C(=O)c2cc(C(F)(F)F)cc(C(F)(F)F)c2)cc1. The first kappa shape index (κ1) is 32.2. The average molecular weight is 618 g/mol. The molecule has 0 aliphatic carbocycles. The van der Waals surface area contributed by atoms with Gasteiger partial charge in [0.05, 0.1) is 24.3 Å². The number of carbonyl (C=O) groups is 2. The molecule has 1 heterocycles. The number of hydrogen-bond donors (Lipinski definition) is 1. The Morgan fingerprint density at radius 1 is 0.955 bits per heavy atom. The number of ether oxygens (including phenoxy) is 1. The van der Waals surface area contributed by atoms with Gasteiger partial charge in [0.2, 0.25) is 5.91 Å². The maximum absolute atomic E-state index is 13.5. The van der Waals surface area contributed by atoms with Gasteiger partial charge in [0, 0.05) is 49.4 Å². The molecule has 1 N–H and O–H groups in total. The molecule has 0 aliphatic rings. The highest BCUT2D eigenvalue weighted by Gasteiger charge is 2.38. The van der Waals surface area contributed by atoms with Crippen LogP contribution in [0.4, 0.5) is 26.3 Å². The van der Waals surface area contributed by atoms with Crippen LogP contribution >= 0.6 is 0 Å². The van der Waals surface area contributed by atoms with Crippen molar-refractivity contribution in [1.82, 2.24) is 14.8 Å². The highest BCUT2D eigenvalue weighted by molar-refractivity contribution is 5.95. The summed E-state index contributed by atoms with van der Waals surface area (Å²) >= 11 is 0. The molecule has 232 valence electrons. The Balaban J connectivity index is 1.65. The van der Waals surface area contributed by atoms with E-state index in [-0.39, 0.29) is 19.0 Å². The summed E-state index contributed by atoms with van der Waals surface area (Å²) in [5.74, 6) is -0.940. The maximum atomic E-state index is 13.5. The summed E-state index contributed by atoms with van der Waals surface area (Å²) in [6, 6.07) is 14.3. The lowest BCUT2D eigenvalue weighted by Gasteiger charge is -2.27. The second-order valence-corrected chi connectivity index (χ2v) is 10.2. The molecule has 0 bridgehead atoms. The molecular formula is C32H29F6N3O3. The lowest BCUT2D eigenvalue weighted by molar-refractivity contribution is -0.143. The van der Waals surface area contributed by atoms with Crippen molar-refractivity contribution in [3.05, 3.63) is 113 Å². The highest BCUT2D eigenvalue weighted by Crippen LogP contribution is 2.36. The molecule has 4 aromatic rings. The molecule has 1 atom stereocenters. The number of amides is 2. The van der Waals surface area contributed by atoms with E-state index in [1.807, 2.05) is 42.1 Å². The molecule has 2 amide bonds. The van der Waals surface area contributed by atoms with Gasteiger partial charge in [-0.25, -0.2) is 0 Å². The Morgan fingerprint density at radius 3 is 2.16 bits per heavy atom. The molecule has 3 aromatic carbocycles. The monoisotopic (exact) mass is 617 g/mol. The summed E-state index contributed by atoms with van der Waals surface area (Å²) in [7, 11) is 4.62. The first-order chi connectivity index (χ1) is 20.7. The number of alkyl halides is 6. The Kier molecular flexibility index (Phi) is 9.41. The minimum atomic E-state index is -5.11. The fourth-order valence-electron chi connectivity index (χ4n) is 4.77. The molecule has 0 radical (unpaired) electrons. The van der Waals surface area contributed by atoms with Crippen LogP contribution in [0.25, 0.3) is 10.9 Å². The number of hydrogen-bond acceptors (Lipinski definition) is 3. The lowest BCUT2D eigenvalue weighted by atomic mass is 10.0. The van der Waals surface area contributed by atoms with Gasteiger partial charge in [0.25, 0.3) is 5.91 Å². The number of aryl methyl sites for hydroxylation is 1. The number of halogens is 6. The fourth-order valence-corrected chi connectivity index (χ4v) is 4.77. The molecule has 4 rings (SSSR count). The van der Waals surface area contributed by atoms with Crippen LogP contribution in [0.3, 0.4) is 0 Å². The van der Waals surface area contributed by atoms with Crippen molar-refractivity contribution < 1.29 is 40.7 Å². The van der Waals surface area contributed by atoms with Gasteiger partial charge in [-0.2, -0.15) is 26.3 Å². The third kappa shape index (κ3) is 7.61. The number of nitrogens with zero attached hydrogens (tertiary/aromatic N) is 2. The first-order valence-electron chi connectivity index (χ1n) is 13.4. The minimum Gasteiger partial charge on any atom is -0.497 e. The number of carbonyl (C=O) groups excluding carboxylic acids is 2. The van der Waals surface area contributed by atoms with Crippen LogP contribution in [0.15, 0.2) is 85.1 Å². The maximum Gasteiger partial charge on any atom is 0.416 e. The van der Waals surface area contributed by atoms with Crippen molar-refractivity contribution >= 4 is 22.7 Å². The quantitative estimate of drug-likeness (QED) is 0.166. The third-order valence-electron chi connectivity index (χ3n) is 7.16. The largest absolute Gasteiger partial charge is 0.497 e. The second kappa shape index (κ2) is 12.9. The molecule has 1 unspecified atom stereocenters. The Morgan fingerprint density at radius 2 is 1.57 bits per heavy atom. The number of fused-ring (bicyclic) bond motifs is 1. The summed E-state index contributed by atoms with van der Waals surface area (Å²) in [4.78, 5) is 27.2. The molecule has 0 fully saturated rings. The van der Waals surface area contributed by atoms with Gasteiger partial charge in [-0.15, -0.1) is 0 Å². The van der Waals surface area contributed by atoms with Gasteiger partial charge in [0.1, 0.15) is 5.75 Å². The zero-order chi connectivity index (χ0) is 32.2. The van der Waals surface area contributed by atoms with Crippen LogP contribution in [0.2, 0.25) is 0 Å². The number of rotatable bonds is 9. The van der Waals surface area contributed by atoms with Gasteiger partial charge >= 0.3 is 12.4 Å². The van der Waals surface area contributed by atoms with E-state index in [0.717, 1.165) is 26.9 Å². The van der Waals surface area contributed by atoms with Crippen molar-refractivity contribution in [1.29, 1.82) is 0 Å². The number of aromatic nitrogens is 1. The van der Waals surface area contributed by atoms with Crippen molar-refractivity contribution in [2.45, 2.75) is 31.4 Å². The van der Waals surface area contributed by atoms with Crippen LogP contribution in [0, 0.1) is 0 Å². The number of nitrogens with one attached hydrogen (secondary N) is 1. The smallest absolute Gasteiger partial charge is 0.416 e. The molecule has 0 aliphatic heterocycles. The van der Waals surface area contributed by atoms with E-state index in [9.17, 15) is 35.9 Å². The standard InChI is InChI=1S/C32H29F6N3O3/c1-40-19-22(27-6-4-5-7-28(27)40)16-25(10-13-29(42)39-18-20-8-11-26(44-3)12-9-20)41(2)30(43)21-14-23(31(33,34)35)17-24(15-21)32(36,37)38/h4-15,17,19,25H,16,18H2,1-3H3,(H,39,42). The van der Waals surface area contributed by atoms with Crippen LogP contribution in [-0.2, 0) is 37.2 Å². The first-order valence-corrected chi connectivity index (χ1v) is 13.4. The van der Waals surface area contributed by atoms with Gasteiger partial charge in [-0.05, 0) is 53.9 Å². The molecule has 0 saturated heterocycles. The number of methoxy groups -OCH3 is 1. The second-order valence-electron chi connectivity index (χ2n) is 10.2. The molecule has 12 heteroatoms. The van der Waals surface area contributed by atoms with E-state index in [0.29, 0.717) is 17.9 Å². The van der Waals surface area contributed by atoms with E-state index in [1.54, 1.807) is 24.3 Å². The molecule has 44 heavy (non-hydrogen) atoms. The van der Waals surface area contributed by atoms with E-state index < -0.39 is 46.9 Å². The van der Waals surface area contributed by atoms with Crippen LogP contribution in [-0.4, -0.2) is 41.5 Å². The Bertz CT molecular complexity index is 1640. The zero-order valence-electron chi connectivity index (χ0n) is 24.0. The predicted molar refractivity (Wildman–Crippen MR) is 153 cm³/mol. The minimum absolute atomic E-state index is 0.0303. The van der Waals surface area contributed by atoms with Crippen LogP contribution in [0.1, 0.15) is 32.6 Å². The molecular weight excluding hydrogens is 588 g/mol. The van der Waals surface area contributed by atoms with E-state index in [1.165, 1.54) is 26.3 Å². The van der Waals surface area contributed by atoms with Crippen LogP contribution < -0.4 is 10.1 Å². The normalized spacial score (nSPS) is 12.8. The van der Waals surface area contributed by atoms with Gasteiger partial charge < -0.3 is 19.5 Å². The van der Waals surface area contributed by atoms with E-state index >= 15 is 0 Å². The summed E-state index contributed by atoms with van der Waals surface area (Å²) < 4.78 is 87.9. The van der Waals surface area contributed by atoms with Crippen molar-refractivity contribution in [2.24, 2.45) is 7.05 Å². The highest BCUT2D eigenvalue weighted by atomic mass is 19.4. The number of benzene rings is 3. The number of para-hydroxylation sites is 1. The van der Waals surface area contributed by atoms with E-state index in [2.05, 4.69) is 5.32 Å². The van der Waals surface area contributed by atoms with Crippen molar-refractivity contribution in [3.63, 3.8) is 0 Å². The molecule has 1 aromatic heterocycles. The molecule has 6 nitrogen and oxygen atoms in total. The predicted octanol–water partition coefficient (Wildman–Crippen LogP) is 6.78. The lowest BCUT2D eigenvalue weighted by Crippen LogP contribution is -2.38. The topological polar surface area (TPSA) is 63.6 Å².